The number of rotatable bonds is 3. The number of hydrogen-bond donors (Lipinski definition) is 1. The van der Waals surface area contributed by atoms with Crippen molar-refractivity contribution in [3.63, 3.8) is 0 Å². The molecule has 29 heavy (non-hydrogen) atoms. The lowest BCUT2D eigenvalue weighted by atomic mass is 10.0. The molecular formula is C20H14F3N5O. The predicted molar refractivity (Wildman–Crippen MR) is 100 cm³/mol. The summed E-state index contributed by atoms with van der Waals surface area (Å²) in [5, 5.41) is 6.75. The van der Waals surface area contributed by atoms with Crippen molar-refractivity contribution in [2.45, 2.75) is 13.1 Å². The number of anilines is 1. The summed E-state index contributed by atoms with van der Waals surface area (Å²) >= 11 is 0. The van der Waals surface area contributed by atoms with Crippen molar-refractivity contribution in [1.29, 1.82) is 0 Å². The van der Waals surface area contributed by atoms with E-state index in [1.807, 2.05) is 6.92 Å². The fraction of sp³-hybridized carbons (Fsp3) is 0.100. The second kappa shape index (κ2) is 7.01. The van der Waals surface area contributed by atoms with Crippen LogP contribution in [0.5, 0.6) is 0 Å². The van der Waals surface area contributed by atoms with Crippen molar-refractivity contribution >= 4 is 17.2 Å². The summed E-state index contributed by atoms with van der Waals surface area (Å²) in [7, 11) is 0. The van der Waals surface area contributed by atoms with Crippen LogP contribution in [-0.2, 0) is 6.18 Å². The zero-order valence-electron chi connectivity index (χ0n) is 15.1. The molecule has 0 fully saturated rings. The lowest BCUT2D eigenvalue weighted by Gasteiger charge is -2.12. The van der Waals surface area contributed by atoms with E-state index in [9.17, 15) is 18.0 Å². The zero-order valence-corrected chi connectivity index (χ0v) is 15.1. The molecule has 3 aromatic heterocycles. The Morgan fingerprint density at radius 3 is 2.69 bits per heavy atom. The Kier molecular flexibility index (Phi) is 4.50. The lowest BCUT2D eigenvalue weighted by molar-refractivity contribution is -0.137. The Hall–Kier alpha value is -3.75. The van der Waals surface area contributed by atoms with E-state index >= 15 is 0 Å². The molecule has 0 atom stereocenters. The van der Waals surface area contributed by atoms with E-state index in [1.165, 1.54) is 47.4 Å². The number of amides is 1. The Morgan fingerprint density at radius 1 is 1.14 bits per heavy atom. The van der Waals surface area contributed by atoms with Crippen molar-refractivity contribution in [1.82, 2.24) is 19.6 Å². The number of pyridine rings is 1. The van der Waals surface area contributed by atoms with Gasteiger partial charge in [0.05, 0.1) is 17.5 Å². The van der Waals surface area contributed by atoms with Gasteiger partial charge in [0, 0.05) is 18.0 Å². The highest BCUT2D eigenvalue weighted by molar-refractivity contribution is 6.04. The van der Waals surface area contributed by atoms with E-state index < -0.39 is 17.6 Å². The summed E-state index contributed by atoms with van der Waals surface area (Å²) < 4.78 is 41.4. The molecule has 9 heteroatoms. The fourth-order valence-electron chi connectivity index (χ4n) is 2.91. The van der Waals surface area contributed by atoms with Crippen LogP contribution < -0.4 is 5.32 Å². The number of fused-ring (bicyclic) bond motifs is 1. The predicted octanol–water partition coefficient (Wildman–Crippen LogP) is 4.37. The first kappa shape index (κ1) is 18.6. The molecule has 0 radical (unpaired) electrons. The SMILES string of the molecule is Cc1ccnc(C(=O)Nc2cnn3ccc(-c4ccccc4C(F)(F)F)nc23)c1. The van der Waals surface area contributed by atoms with E-state index in [0.29, 0.717) is 0 Å². The van der Waals surface area contributed by atoms with Gasteiger partial charge in [-0.3, -0.25) is 9.78 Å². The number of nitrogens with zero attached hydrogens (tertiary/aromatic N) is 4. The van der Waals surface area contributed by atoms with Crippen LogP contribution in [0.1, 0.15) is 21.6 Å². The van der Waals surface area contributed by atoms with Crippen LogP contribution in [0.15, 0.2) is 61.1 Å². The molecule has 146 valence electrons. The van der Waals surface area contributed by atoms with E-state index in [-0.39, 0.29) is 28.3 Å². The molecule has 0 unspecified atom stereocenters. The first-order valence-corrected chi connectivity index (χ1v) is 8.58. The van der Waals surface area contributed by atoms with Crippen LogP contribution in [0.25, 0.3) is 16.9 Å². The van der Waals surface area contributed by atoms with E-state index in [1.54, 1.807) is 12.1 Å². The van der Waals surface area contributed by atoms with Crippen LogP contribution in [0.4, 0.5) is 18.9 Å². The first-order chi connectivity index (χ1) is 13.8. The third-order valence-corrected chi connectivity index (χ3v) is 4.27. The second-order valence-electron chi connectivity index (χ2n) is 6.36. The van der Waals surface area contributed by atoms with Gasteiger partial charge in [0.15, 0.2) is 5.65 Å². The number of carbonyl (C=O) groups is 1. The van der Waals surface area contributed by atoms with Gasteiger partial charge >= 0.3 is 6.18 Å². The summed E-state index contributed by atoms with van der Waals surface area (Å²) in [6, 6.07) is 10.0. The van der Waals surface area contributed by atoms with Crippen molar-refractivity contribution in [3.05, 3.63) is 77.9 Å². The largest absolute Gasteiger partial charge is 0.417 e. The number of nitrogens with one attached hydrogen (secondary N) is 1. The van der Waals surface area contributed by atoms with Crippen LogP contribution >= 0.6 is 0 Å². The topological polar surface area (TPSA) is 72.2 Å². The van der Waals surface area contributed by atoms with Crippen LogP contribution in [0, 0.1) is 6.92 Å². The number of hydrogen-bond acceptors (Lipinski definition) is 4. The molecular weight excluding hydrogens is 383 g/mol. The second-order valence-corrected chi connectivity index (χ2v) is 6.36. The summed E-state index contributed by atoms with van der Waals surface area (Å²) in [6.45, 7) is 1.83. The molecule has 0 aliphatic rings. The van der Waals surface area contributed by atoms with Crippen LogP contribution in [-0.4, -0.2) is 25.5 Å². The first-order valence-electron chi connectivity index (χ1n) is 8.58. The number of aryl methyl sites for hydroxylation is 1. The van der Waals surface area contributed by atoms with Crippen molar-refractivity contribution in [2.24, 2.45) is 0 Å². The number of carbonyl (C=O) groups excluding carboxylic acids is 1. The summed E-state index contributed by atoms with van der Waals surface area (Å²) in [6.07, 6.45) is -0.121. The molecule has 1 amide bonds. The molecule has 0 aliphatic carbocycles. The summed E-state index contributed by atoms with van der Waals surface area (Å²) in [5.41, 5.74) is 0.851. The minimum absolute atomic E-state index is 0.0543. The maximum Gasteiger partial charge on any atom is 0.417 e. The van der Waals surface area contributed by atoms with Crippen LogP contribution in [0.2, 0.25) is 0 Å². The maximum atomic E-state index is 13.4. The molecule has 0 saturated heterocycles. The summed E-state index contributed by atoms with van der Waals surface area (Å²) in [4.78, 5) is 20.8. The molecule has 0 aliphatic heterocycles. The zero-order chi connectivity index (χ0) is 20.6. The number of benzene rings is 1. The Labute approximate surface area is 163 Å². The quantitative estimate of drug-likeness (QED) is 0.557. The molecule has 0 saturated carbocycles. The average Bonchev–Trinajstić information content (AvgIpc) is 3.09. The molecule has 0 bridgehead atoms. The molecule has 4 rings (SSSR count). The monoisotopic (exact) mass is 397 g/mol. The highest BCUT2D eigenvalue weighted by Crippen LogP contribution is 2.36. The third-order valence-electron chi connectivity index (χ3n) is 4.27. The van der Waals surface area contributed by atoms with Gasteiger partial charge in [-0.25, -0.2) is 9.50 Å². The van der Waals surface area contributed by atoms with Gasteiger partial charge in [0.2, 0.25) is 0 Å². The molecule has 1 N–H and O–H groups in total. The Bertz CT molecular complexity index is 1220. The summed E-state index contributed by atoms with van der Waals surface area (Å²) in [5.74, 6) is -0.466. The van der Waals surface area contributed by atoms with Gasteiger partial charge < -0.3 is 5.32 Å². The van der Waals surface area contributed by atoms with Crippen molar-refractivity contribution in [2.75, 3.05) is 5.32 Å². The smallest absolute Gasteiger partial charge is 0.316 e. The highest BCUT2D eigenvalue weighted by Gasteiger charge is 2.33. The number of alkyl halides is 3. The molecule has 1 aromatic carbocycles. The van der Waals surface area contributed by atoms with Gasteiger partial charge in [0.25, 0.3) is 5.91 Å². The minimum Gasteiger partial charge on any atom is -0.316 e. The Balaban J connectivity index is 1.74. The highest BCUT2D eigenvalue weighted by atomic mass is 19.4. The van der Waals surface area contributed by atoms with Crippen LogP contribution in [0.3, 0.4) is 0 Å². The molecule has 6 nitrogen and oxygen atoms in total. The van der Waals surface area contributed by atoms with Gasteiger partial charge in [-0.15, -0.1) is 0 Å². The van der Waals surface area contributed by atoms with E-state index in [2.05, 4.69) is 20.4 Å². The standard InChI is InChI=1S/C20H14F3N5O/c1-12-6-8-24-16(10-12)19(29)27-17-11-25-28-9-7-15(26-18(17)28)13-4-2-3-5-14(13)20(21,22)23/h2-11H,1H3,(H,27,29). The van der Waals surface area contributed by atoms with Gasteiger partial charge in [-0.05, 0) is 36.8 Å². The van der Waals surface area contributed by atoms with E-state index in [0.717, 1.165) is 11.6 Å². The van der Waals surface area contributed by atoms with Gasteiger partial charge in [-0.1, -0.05) is 18.2 Å². The normalized spacial score (nSPS) is 11.6. The molecule has 3 heterocycles. The lowest BCUT2D eigenvalue weighted by Crippen LogP contribution is -2.14. The maximum absolute atomic E-state index is 13.4. The third kappa shape index (κ3) is 3.66. The average molecular weight is 397 g/mol. The molecule has 0 spiro atoms. The molecule has 4 aromatic rings. The number of halogens is 3. The van der Waals surface area contributed by atoms with Gasteiger partial charge in [0.1, 0.15) is 11.4 Å². The van der Waals surface area contributed by atoms with E-state index in [4.69, 9.17) is 0 Å². The fourth-order valence-corrected chi connectivity index (χ4v) is 2.91. The van der Waals surface area contributed by atoms with Crippen molar-refractivity contribution < 1.29 is 18.0 Å². The Morgan fingerprint density at radius 2 is 1.93 bits per heavy atom. The minimum atomic E-state index is -4.52. The number of aromatic nitrogens is 4. The van der Waals surface area contributed by atoms with Gasteiger partial charge in [-0.2, -0.15) is 18.3 Å². The van der Waals surface area contributed by atoms with Crippen molar-refractivity contribution in [3.8, 4) is 11.3 Å².